The normalized spacial score (nSPS) is 10.3. The second-order valence-corrected chi connectivity index (χ2v) is 4.22. The lowest BCUT2D eigenvalue weighted by Crippen LogP contribution is -2.22. The van der Waals surface area contributed by atoms with Gasteiger partial charge in [-0.1, -0.05) is 0 Å². The Morgan fingerprint density at radius 3 is 2.79 bits per heavy atom. The molecule has 19 heavy (non-hydrogen) atoms. The first-order chi connectivity index (χ1) is 9.10. The van der Waals surface area contributed by atoms with Crippen LogP contribution in [0.3, 0.4) is 0 Å². The minimum absolute atomic E-state index is 0.00854. The Bertz CT molecular complexity index is 424. The second-order valence-electron chi connectivity index (χ2n) is 4.22. The van der Waals surface area contributed by atoms with E-state index in [2.05, 4.69) is 10.2 Å². The molecule has 0 aliphatic heterocycles. The van der Waals surface area contributed by atoms with Gasteiger partial charge in [0.25, 0.3) is 0 Å². The quantitative estimate of drug-likeness (QED) is 0.443. The van der Waals surface area contributed by atoms with Crippen LogP contribution < -0.4 is 15.0 Å². The Balaban J connectivity index is 2.85. The third-order valence-electron chi connectivity index (χ3n) is 2.80. The van der Waals surface area contributed by atoms with Gasteiger partial charge in [-0.05, 0) is 33.0 Å². The summed E-state index contributed by atoms with van der Waals surface area (Å²) >= 11 is 0. The number of rotatable bonds is 8. The van der Waals surface area contributed by atoms with E-state index in [1.165, 1.54) is 6.07 Å². The van der Waals surface area contributed by atoms with Crippen molar-refractivity contribution in [3.8, 4) is 5.75 Å². The summed E-state index contributed by atoms with van der Waals surface area (Å²) in [5.41, 5.74) is 0.930. The van der Waals surface area contributed by atoms with E-state index in [9.17, 15) is 10.1 Å². The van der Waals surface area contributed by atoms with Crippen LogP contribution in [0, 0.1) is 10.1 Å². The van der Waals surface area contributed by atoms with Gasteiger partial charge in [0.15, 0.2) is 5.75 Å². The number of nitro groups is 1. The van der Waals surface area contributed by atoms with Crippen LogP contribution in [0.25, 0.3) is 0 Å². The number of benzene rings is 1. The topological polar surface area (TPSA) is 67.6 Å². The van der Waals surface area contributed by atoms with Crippen molar-refractivity contribution in [1.29, 1.82) is 0 Å². The molecule has 0 aromatic heterocycles. The van der Waals surface area contributed by atoms with Gasteiger partial charge in [0, 0.05) is 31.4 Å². The van der Waals surface area contributed by atoms with Crippen LogP contribution in [0.2, 0.25) is 0 Å². The fourth-order valence-corrected chi connectivity index (χ4v) is 1.78. The van der Waals surface area contributed by atoms with Gasteiger partial charge in [-0.25, -0.2) is 0 Å². The molecule has 0 unspecified atom stereocenters. The standard InChI is InChI=1S/C13H21N3O3/c1-4-19-13-10-11(6-7-12(13)16(17)18)15(3)9-5-8-14-2/h6-7,10,14H,4-5,8-9H2,1-3H3. The zero-order chi connectivity index (χ0) is 14.3. The summed E-state index contributed by atoms with van der Waals surface area (Å²) in [4.78, 5) is 12.5. The van der Waals surface area contributed by atoms with E-state index in [4.69, 9.17) is 4.74 Å². The highest BCUT2D eigenvalue weighted by Crippen LogP contribution is 2.31. The van der Waals surface area contributed by atoms with Gasteiger partial charge in [0.05, 0.1) is 11.5 Å². The highest BCUT2D eigenvalue weighted by molar-refractivity contribution is 5.59. The van der Waals surface area contributed by atoms with Crippen LogP contribution in [-0.2, 0) is 0 Å². The predicted molar refractivity (Wildman–Crippen MR) is 76.1 cm³/mol. The van der Waals surface area contributed by atoms with Crippen LogP contribution in [0.4, 0.5) is 11.4 Å². The lowest BCUT2D eigenvalue weighted by Gasteiger charge is -2.19. The molecule has 1 rings (SSSR count). The van der Waals surface area contributed by atoms with Crippen LogP contribution in [-0.4, -0.2) is 38.7 Å². The lowest BCUT2D eigenvalue weighted by molar-refractivity contribution is -0.385. The number of nitrogens with zero attached hydrogens (tertiary/aromatic N) is 2. The van der Waals surface area contributed by atoms with Crippen LogP contribution in [0.5, 0.6) is 5.75 Å². The molecular weight excluding hydrogens is 246 g/mol. The van der Waals surface area contributed by atoms with Gasteiger partial charge < -0.3 is 15.0 Å². The molecule has 0 bridgehead atoms. The Kier molecular flexibility index (Phi) is 6.08. The van der Waals surface area contributed by atoms with Gasteiger partial charge in [0.2, 0.25) is 0 Å². The van der Waals surface area contributed by atoms with Crippen molar-refractivity contribution in [2.24, 2.45) is 0 Å². The average molecular weight is 267 g/mol. The van der Waals surface area contributed by atoms with Crippen molar-refractivity contribution in [3.63, 3.8) is 0 Å². The maximum absolute atomic E-state index is 10.9. The molecule has 1 aromatic carbocycles. The smallest absolute Gasteiger partial charge is 0.311 e. The third kappa shape index (κ3) is 4.40. The largest absolute Gasteiger partial charge is 0.487 e. The van der Waals surface area contributed by atoms with Gasteiger partial charge >= 0.3 is 5.69 Å². The summed E-state index contributed by atoms with van der Waals surface area (Å²) < 4.78 is 5.33. The average Bonchev–Trinajstić information content (AvgIpc) is 2.39. The summed E-state index contributed by atoms with van der Waals surface area (Å²) in [6.07, 6.45) is 1.01. The molecule has 1 aromatic rings. The van der Waals surface area contributed by atoms with Crippen molar-refractivity contribution in [2.45, 2.75) is 13.3 Å². The van der Waals surface area contributed by atoms with Crippen LogP contribution in [0.15, 0.2) is 18.2 Å². The first kappa shape index (κ1) is 15.2. The summed E-state index contributed by atoms with van der Waals surface area (Å²) in [5, 5.41) is 14.0. The van der Waals surface area contributed by atoms with Crippen LogP contribution in [0.1, 0.15) is 13.3 Å². The number of nitro benzene ring substituents is 1. The molecule has 0 atom stereocenters. The molecule has 0 saturated carbocycles. The van der Waals surface area contributed by atoms with E-state index in [0.29, 0.717) is 12.4 Å². The fourth-order valence-electron chi connectivity index (χ4n) is 1.78. The van der Waals surface area contributed by atoms with Gasteiger partial charge in [-0.2, -0.15) is 0 Å². The number of nitrogens with one attached hydrogen (secondary N) is 1. The maximum Gasteiger partial charge on any atom is 0.311 e. The molecule has 106 valence electrons. The van der Waals surface area contributed by atoms with Crippen molar-refractivity contribution >= 4 is 11.4 Å². The third-order valence-corrected chi connectivity index (χ3v) is 2.80. The molecule has 6 nitrogen and oxygen atoms in total. The monoisotopic (exact) mass is 267 g/mol. The van der Waals surface area contributed by atoms with E-state index >= 15 is 0 Å². The molecule has 0 saturated heterocycles. The van der Waals surface area contributed by atoms with Crippen molar-refractivity contribution < 1.29 is 9.66 Å². The molecule has 0 amide bonds. The minimum atomic E-state index is -0.421. The minimum Gasteiger partial charge on any atom is -0.487 e. The Hall–Kier alpha value is -1.82. The Morgan fingerprint density at radius 1 is 1.47 bits per heavy atom. The first-order valence-corrected chi connectivity index (χ1v) is 6.37. The highest BCUT2D eigenvalue weighted by atomic mass is 16.6. The van der Waals surface area contributed by atoms with Crippen molar-refractivity contribution in [3.05, 3.63) is 28.3 Å². The van der Waals surface area contributed by atoms with E-state index in [1.54, 1.807) is 12.1 Å². The Labute approximate surface area is 113 Å². The molecule has 6 heteroatoms. The van der Waals surface area contributed by atoms with E-state index < -0.39 is 4.92 Å². The molecule has 1 N–H and O–H groups in total. The predicted octanol–water partition coefficient (Wildman–Crippen LogP) is 2.04. The number of hydrogen-bond acceptors (Lipinski definition) is 5. The SMILES string of the molecule is CCOc1cc(N(C)CCCNC)ccc1[N+](=O)[O-]. The fraction of sp³-hybridized carbons (Fsp3) is 0.538. The van der Waals surface area contributed by atoms with Crippen molar-refractivity contribution in [1.82, 2.24) is 5.32 Å². The highest BCUT2D eigenvalue weighted by Gasteiger charge is 2.16. The van der Waals surface area contributed by atoms with E-state index in [-0.39, 0.29) is 5.69 Å². The Morgan fingerprint density at radius 2 is 2.21 bits per heavy atom. The first-order valence-electron chi connectivity index (χ1n) is 6.37. The molecular formula is C13H21N3O3. The summed E-state index contributed by atoms with van der Waals surface area (Å²) in [6, 6.07) is 4.97. The maximum atomic E-state index is 10.9. The number of hydrogen-bond donors (Lipinski definition) is 1. The molecule has 0 fully saturated rings. The van der Waals surface area contributed by atoms with E-state index in [1.807, 2.05) is 21.0 Å². The summed E-state index contributed by atoms with van der Waals surface area (Å²) in [7, 11) is 3.88. The zero-order valence-electron chi connectivity index (χ0n) is 11.7. The summed E-state index contributed by atoms with van der Waals surface area (Å²) in [5.74, 6) is 0.325. The van der Waals surface area contributed by atoms with Crippen LogP contribution >= 0.6 is 0 Å². The number of anilines is 1. The van der Waals surface area contributed by atoms with Gasteiger partial charge in [0.1, 0.15) is 0 Å². The van der Waals surface area contributed by atoms with Gasteiger partial charge in [-0.3, -0.25) is 10.1 Å². The summed E-state index contributed by atoms with van der Waals surface area (Å²) in [6.45, 7) is 4.04. The second kappa shape index (κ2) is 7.58. The molecule has 0 radical (unpaired) electrons. The molecule has 0 heterocycles. The van der Waals surface area contributed by atoms with Gasteiger partial charge in [-0.15, -0.1) is 0 Å². The molecule has 0 aliphatic carbocycles. The van der Waals surface area contributed by atoms with E-state index in [0.717, 1.165) is 25.2 Å². The lowest BCUT2D eigenvalue weighted by atomic mass is 10.2. The zero-order valence-corrected chi connectivity index (χ0v) is 11.7. The molecule has 0 aliphatic rings. The molecule has 0 spiro atoms. The number of ether oxygens (including phenoxy) is 1. The van der Waals surface area contributed by atoms with Crippen molar-refractivity contribution in [2.75, 3.05) is 38.7 Å².